The zero-order chi connectivity index (χ0) is 42.6. The summed E-state index contributed by atoms with van der Waals surface area (Å²) in [6.07, 6.45) is 3.92. The maximum absolute atomic E-state index is 6.14. The van der Waals surface area contributed by atoms with Gasteiger partial charge in [-0.15, -0.1) is 34.0 Å². The van der Waals surface area contributed by atoms with Gasteiger partial charge in [0.05, 0.1) is 22.3 Å². The Kier molecular flexibility index (Phi) is 8.21. The van der Waals surface area contributed by atoms with Gasteiger partial charge in [0.1, 0.15) is 5.58 Å². The Balaban J connectivity index is 0.993. The molecule has 0 bridgehead atoms. The standard InChI is InChI=1S/C58H34N2OS3Si/c1-3-13-37(14-4-1)65(38-15-5-2-6-16-38,55-23-11-19-41-44-29-35(25-27-52(44)63-57(41)55)47-31-43-39-17-7-9-21-49(39)61-50(43)33-59-47)56-24-12-20-42-45-30-36(26-28-53(45)64-58(42)56)48-32-46-40-18-8-10-22-51(40)62-54(46)34-60-48/h1-34H. The fourth-order valence-corrected chi connectivity index (χ4v) is 19.8. The molecule has 0 saturated heterocycles. The van der Waals surface area contributed by atoms with E-state index in [0.717, 1.165) is 44.5 Å². The van der Waals surface area contributed by atoms with E-state index in [9.17, 15) is 0 Å². The number of nitrogens with zero attached hydrogens (tertiary/aromatic N) is 2. The van der Waals surface area contributed by atoms with Crippen molar-refractivity contribution in [3.05, 3.63) is 207 Å². The molecule has 0 amide bonds. The molecular weight excluding hydrogens is 865 g/mol. The van der Waals surface area contributed by atoms with Crippen LogP contribution in [0.4, 0.5) is 0 Å². The molecule has 304 valence electrons. The van der Waals surface area contributed by atoms with Gasteiger partial charge >= 0.3 is 0 Å². The lowest BCUT2D eigenvalue weighted by molar-refractivity contribution is 0.667. The number of furan rings is 1. The Morgan fingerprint density at radius 1 is 0.338 bits per heavy atom. The smallest absolute Gasteiger partial charge is 0.182 e. The summed E-state index contributed by atoms with van der Waals surface area (Å²) >= 11 is 5.65. The van der Waals surface area contributed by atoms with Crippen LogP contribution < -0.4 is 20.7 Å². The van der Waals surface area contributed by atoms with E-state index in [1.807, 2.05) is 52.3 Å². The zero-order valence-electron chi connectivity index (χ0n) is 34.7. The van der Waals surface area contributed by atoms with Crippen molar-refractivity contribution in [2.24, 2.45) is 0 Å². The molecule has 0 atom stereocenters. The normalized spacial score (nSPS) is 12.3. The van der Waals surface area contributed by atoms with Crippen LogP contribution in [0, 0.1) is 0 Å². The molecule has 0 spiro atoms. The van der Waals surface area contributed by atoms with Crippen molar-refractivity contribution in [1.29, 1.82) is 0 Å². The first-order valence-corrected chi connectivity index (χ1v) is 26.2. The molecule has 14 aromatic rings. The highest BCUT2D eigenvalue weighted by Gasteiger charge is 2.44. The lowest BCUT2D eigenvalue weighted by Gasteiger charge is -2.35. The van der Waals surface area contributed by atoms with E-state index < -0.39 is 8.07 Å². The highest BCUT2D eigenvalue weighted by atomic mass is 32.1. The molecule has 0 fully saturated rings. The fourth-order valence-electron chi connectivity index (χ4n) is 10.4. The second kappa shape index (κ2) is 14.4. The molecular formula is C58H34N2OS3Si. The minimum atomic E-state index is -3.02. The Hall–Kier alpha value is -7.26. The second-order valence-corrected chi connectivity index (χ2v) is 23.7. The van der Waals surface area contributed by atoms with Crippen molar-refractivity contribution in [3.8, 4) is 22.5 Å². The Morgan fingerprint density at radius 3 is 1.49 bits per heavy atom. The predicted molar refractivity (Wildman–Crippen MR) is 282 cm³/mol. The van der Waals surface area contributed by atoms with Crippen LogP contribution in [-0.2, 0) is 0 Å². The quantitative estimate of drug-likeness (QED) is 0.123. The van der Waals surface area contributed by atoms with E-state index >= 15 is 0 Å². The summed E-state index contributed by atoms with van der Waals surface area (Å²) in [5, 5.41) is 15.4. The third kappa shape index (κ3) is 5.57. The number of fused-ring (bicyclic) bond motifs is 12. The van der Waals surface area contributed by atoms with E-state index in [2.05, 4.69) is 188 Å². The molecule has 0 aliphatic carbocycles. The number of hydrogen-bond donors (Lipinski definition) is 0. The van der Waals surface area contributed by atoms with Gasteiger partial charge in [0.15, 0.2) is 13.7 Å². The number of hydrogen-bond acceptors (Lipinski definition) is 6. The van der Waals surface area contributed by atoms with Crippen molar-refractivity contribution >= 4 is 145 Å². The van der Waals surface area contributed by atoms with Gasteiger partial charge < -0.3 is 4.42 Å². The van der Waals surface area contributed by atoms with Crippen LogP contribution in [0.15, 0.2) is 211 Å². The van der Waals surface area contributed by atoms with Crippen molar-refractivity contribution in [2.75, 3.05) is 0 Å². The van der Waals surface area contributed by atoms with Gasteiger partial charge in [0.2, 0.25) is 0 Å². The minimum absolute atomic E-state index is 0.806. The van der Waals surface area contributed by atoms with Gasteiger partial charge in [0, 0.05) is 83.9 Å². The van der Waals surface area contributed by atoms with Gasteiger partial charge in [0.25, 0.3) is 0 Å². The molecule has 0 radical (unpaired) electrons. The average Bonchev–Trinajstić information content (AvgIpc) is 4.15. The molecule has 0 aliphatic rings. The molecule has 0 unspecified atom stereocenters. The van der Waals surface area contributed by atoms with Crippen LogP contribution in [0.5, 0.6) is 0 Å². The number of pyridine rings is 2. The molecule has 3 nitrogen and oxygen atoms in total. The third-order valence-electron chi connectivity index (χ3n) is 13.3. The summed E-state index contributed by atoms with van der Waals surface area (Å²) in [4.78, 5) is 9.95. The van der Waals surface area contributed by atoms with Crippen LogP contribution in [0.1, 0.15) is 0 Å². The molecule has 7 heteroatoms. The lowest BCUT2D eigenvalue weighted by atomic mass is 10.1. The van der Waals surface area contributed by atoms with Crippen molar-refractivity contribution in [1.82, 2.24) is 9.97 Å². The van der Waals surface area contributed by atoms with Crippen molar-refractivity contribution in [3.63, 3.8) is 0 Å². The molecule has 0 aliphatic heterocycles. The van der Waals surface area contributed by atoms with Crippen LogP contribution in [0.25, 0.3) is 105 Å². The topological polar surface area (TPSA) is 38.9 Å². The zero-order valence-corrected chi connectivity index (χ0v) is 38.1. The first-order valence-electron chi connectivity index (χ1n) is 21.8. The monoisotopic (exact) mass is 898 g/mol. The number of aromatic nitrogens is 2. The first-order chi connectivity index (χ1) is 32.2. The van der Waals surface area contributed by atoms with Crippen LogP contribution in [-0.4, -0.2) is 18.0 Å². The summed E-state index contributed by atoms with van der Waals surface area (Å²) < 4.78 is 13.9. The first kappa shape index (κ1) is 37.1. The van der Waals surface area contributed by atoms with Gasteiger partial charge in [-0.1, -0.05) is 146 Å². The molecule has 0 N–H and O–H groups in total. The van der Waals surface area contributed by atoms with E-state index in [1.54, 1.807) is 0 Å². The van der Waals surface area contributed by atoms with Crippen LogP contribution in [0.2, 0.25) is 0 Å². The highest BCUT2D eigenvalue weighted by Crippen LogP contribution is 2.41. The Morgan fingerprint density at radius 2 is 0.846 bits per heavy atom. The molecule has 6 aromatic heterocycles. The fraction of sp³-hybridized carbons (Fsp3) is 0. The number of para-hydroxylation sites is 1. The molecule has 8 aromatic carbocycles. The van der Waals surface area contributed by atoms with E-state index in [1.165, 1.54) is 81.3 Å². The predicted octanol–water partition coefficient (Wildman–Crippen LogP) is 14.2. The second-order valence-electron chi connectivity index (χ2n) is 16.8. The van der Waals surface area contributed by atoms with Crippen molar-refractivity contribution < 1.29 is 4.42 Å². The summed E-state index contributed by atoms with van der Waals surface area (Å²) in [6.45, 7) is 0. The Bertz CT molecular complexity index is 3930. The number of benzene rings is 8. The number of rotatable bonds is 6. The van der Waals surface area contributed by atoms with E-state index in [0.29, 0.717) is 0 Å². The third-order valence-corrected chi connectivity index (χ3v) is 22.1. The maximum Gasteiger partial charge on any atom is 0.182 e. The number of thiophene rings is 3. The molecule has 14 rings (SSSR count). The van der Waals surface area contributed by atoms with Crippen LogP contribution in [0.3, 0.4) is 0 Å². The van der Waals surface area contributed by atoms with E-state index in [4.69, 9.17) is 14.4 Å². The molecule has 0 saturated carbocycles. The van der Waals surface area contributed by atoms with Crippen LogP contribution >= 0.6 is 34.0 Å². The SMILES string of the molecule is c1ccc([Si](c2ccccc2)(c2cccc3c2sc2ccc(-c4cc5c(cn4)oc4ccccc45)cc23)c2cccc3c2sc2ccc(-c4cc5c(cn4)sc4ccccc45)cc23)cc1. The molecule has 65 heavy (non-hydrogen) atoms. The maximum atomic E-state index is 6.14. The summed E-state index contributed by atoms with van der Waals surface area (Å²) in [5.41, 5.74) is 5.86. The highest BCUT2D eigenvalue weighted by molar-refractivity contribution is 7.33. The summed E-state index contributed by atoms with van der Waals surface area (Å²) in [6, 6.07) is 72.0. The van der Waals surface area contributed by atoms with Crippen molar-refractivity contribution in [2.45, 2.75) is 0 Å². The minimum Gasteiger partial charge on any atom is -0.454 e. The van der Waals surface area contributed by atoms with E-state index in [-0.39, 0.29) is 0 Å². The lowest BCUT2D eigenvalue weighted by Crippen LogP contribution is -2.74. The Labute approximate surface area is 386 Å². The van der Waals surface area contributed by atoms with Gasteiger partial charge in [-0.3, -0.25) is 9.97 Å². The molecule has 6 heterocycles. The largest absolute Gasteiger partial charge is 0.454 e. The summed E-state index contributed by atoms with van der Waals surface area (Å²) in [7, 11) is -3.02. The van der Waals surface area contributed by atoms with Gasteiger partial charge in [-0.05, 0) is 69.3 Å². The van der Waals surface area contributed by atoms with Gasteiger partial charge in [-0.25, -0.2) is 0 Å². The van der Waals surface area contributed by atoms with Gasteiger partial charge in [-0.2, -0.15) is 0 Å². The average molecular weight is 899 g/mol. The summed E-state index contributed by atoms with van der Waals surface area (Å²) in [5.74, 6) is 0.